The van der Waals surface area contributed by atoms with Gasteiger partial charge in [-0.1, -0.05) is 85.4 Å². The normalized spacial score (nSPS) is 14.8. The first-order valence-corrected chi connectivity index (χ1v) is 15.7. The van der Waals surface area contributed by atoms with Crippen LogP contribution in [0.3, 0.4) is 0 Å². The minimum Gasteiger partial charge on any atom is -0.352 e. The molecule has 0 bridgehead atoms. The van der Waals surface area contributed by atoms with Crippen molar-refractivity contribution in [3.05, 3.63) is 76.3 Å². The number of fused-ring (bicyclic) bond motifs is 1. The molecule has 0 saturated heterocycles. The molecule has 1 atom stereocenters. The number of benzene rings is 3. The molecule has 0 aliphatic heterocycles. The Morgan fingerprint density at radius 3 is 2.23 bits per heavy atom. The van der Waals surface area contributed by atoms with E-state index in [4.69, 9.17) is 23.2 Å². The summed E-state index contributed by atoms with van der Waals surface area (Å²) in [5, 5.41) is 5.36. The minimum absolute atomic E-state index is 0.0406. The van der Waals surface area contributed by atoms with Gasteiger partial charge in [0.05, 0.1) is 11.9 Å². The van der Waals surface area contributed by atoms with Crippen LogP contribution < -0.4 is 9.62 Å². The molecule has 39 heavy (non-hydrogen) atoms. The van der Waals surface area contributed by atoms with Gasteiger partial charge < -0.3 is 10.2 Å². The summed E-state index contributed by atoms with van der Waals surface area (Å²) in [5.74, 6) is -0.797. The maximum atomic E-state index is 14.0. The second-order valence-corrected chi connectivity index (χ2v) is 12.6. The van der Waals surface area contributed by atoms with Gasteiger partial charge in [0.2, 0.25) is 21.8 Å². The standard InChI is InChI=1S/C29H33Cl2N3O4S/c1-3-26(29(36)32-21-12-5-6-13-21)33(18-23-24(30)15-9-16-25(23)31)28(35)19-34(39(2,37)38)27-17-8-11-20-10-4-7-14-22(20)27/h4,7-11,14-17,21,26H,3,5-6,12-13,18-19H2,1-2H3,(H,32,36). The molecule has 2 amide bonds. The lowest BCUT2D eigenvalue weighted by atomic mass is 10.1. The molecule has 3 aromatic carbocycles. The van der Waals surface area contributed by atoms with E-state index in [9.17, 15) is 18.0 Å². The molecule has 1 saturated carbocycles. The highest BCUT2D eigenvalue weighted by Gasteiger charge is 2.34. The number of rotatable bonds is 10. The lowest BCUT2D eigenvalue weighted by molar-refractivity contribution is -0.140. The van der Waals surface area contributed by atoms with Crippen molar-refractivity contribution in [2.45, 2.75) is 57.7 Å². The van der Waals surface area contributed by atoms with Gasteiger partial charge in [0.1, 0.15) is 12.6 Å². The Labute approximate surface area is 240 Å². The van der Waals surface area contributed by atoms with Crippen molar-refractivity contribution in [2.75, 3.05) is 17.1 Å². The zero-order chi connectivity index (χ0) is 28.2. The molecule has 4 rings (SSSR count). The van der Waals surface area contributed by atoms with Gasteiger partial charge in [-0.3, -0.25) is 13.9 Å². The van der Waals surface area contributed by atoms with Crippen LogP contribution in [0, 0.1) is 0 Å². The molecule has 1 N–H and O–H groups in total. The SMILES string of the molecule is CCC(C(=O)NC1CCCC1)N(Cc1c(Cl)cccc1Cl)C(=O)CN(c1cccc2ccccc12)S(C)(=O)=O. The molecule has 1 fully saturated rings. The van der Waals surface area contributed by atoms with Gasteiger partial charge in [-0.25, -0.2) is 8.42 Å². The second-order valence-electron chi connectivity index (χ2n) is 9.90. The Kier molecular flexibility index (Phi) is 9.41. The smallest absolute Gasteiger partial charge is 0.244 e. The van der Waals surface area contributed by atoms with Crippen LogP contribution in [-0.2, 0) is 26.2 Å². The first-order valence-electron chi connectivity index (χ1n) is 13.1. The van der Waals surface area contributed by atoms with Crippen LogP contribution >= 0.6 is 23.2 Å². The highest BCUT2D eigenvalue weighted by Crippen LogP contribution is 2.30. The molecule has 1 aliphatic carbocycles. The van der Waals surface area contributed by atoms with Crippen LogP contribution in [-0.4, -0.2) is 50.0 Å². The Balaban J connectivity index is 1.72. The summed E-state index contributed by atoms with van der Waals surface area (Å²) in [6.45, 7) is 1.30. The number of carbonyl (C=O) groups excluding carboxylic acids is 2. The molecule has 0 aromatic heterocycles. The maximum absolute atomic E-state index is 14.0. The predicted octanol–water partition coefficient (Wildman–Crippen LogP) is 5.78. The molecule has 10 heteroatoms. The monoisotopic (exact) mass is 589 g/mol. The largest absolute Gasteiger partial charge is 0.352 e. The van der Waals surface area contributed by atoms with Crippen molar-refractivity contribution in [1.29, 1.82) is 0 Å². The summed E-state index contributed by atoms with van der Waals surface area (Å²) < 4.78 is 27.2. The minimum atomic E-state index is -3.87. The number of nitrogens with one attached hydrogen (secondary N) is 1. The van der Waals surface area contributed by atoms with Gasteiger partial charge >= 0.3 is 0 Å². The molecular weight excluding hydrogens is 557 g/mol. The summed E-state index contributed by atoms with van der Waals surface area (Å²) in [7, 11) is -3.87. The van der Waals surface area contributed by atoms with E-state index in [1.54, 1.807) is 30.3 Å². The third-order valence-corrected chi connectivity index (χ3v) is 9.03. The van der Waals surface area contributed by atoms with Crippen LogP contribution in [0.5, 0.6) is 0 Å². The molecule has 208 valence electrons. The van der Waals surface area contributed by atoms with E-state index in [-0.39, 0.29) is 18.5 Å². The van der Waals surface area contributed by atoms with Gasteiger partial charge in [0.25, 0.3) is 0 Å². The van der Waals surface area contributed by atoms with Gasteiger partial charge in [-0.05, 0) is 42.8 Å². The van der Waals surface area contributed by atoms with Gasteiger partial charge in [-0.15, -0.1) is 0 Å². The van der Waals surface area contributed by atoms with Crippen LogP contribution in [0.15, 0.2) is 60.7 Å². The highest BCUT2D eigenvalue weighted by molar-refractivity contribution is 7.92. The van der Waals surface area contributed by atoms with Crippen LogP contribution in [0.4, 0.5) is 5.69 Å². The van der Waals surface area contributed by atoms with Crippen LogP contribution in [0.1, 0.15) is 44.6 Å². The van der Waals surface area contributed by atoms with Gasteiger partial charge in [-0.2, -0.15) is 0 Å². The average Bonchev–Trinajstić information content (AvgIpc) is 3.41. The summed E-state index contributed by atoms with van der Waals surface area (Å²) in [5.41, 5.74) is 0.889. The number of anilines is 1. The van der Waals surface area contributed by atoms with Crippen LogP contribution in [0.25, 0.3) is 10.8 Å². The number of hydrogen-bond acceptors (Lipinski definition) is 4. The Morgan fingerprint density at radius 2 is 1.59 bits per heavy atom. The summed E-state index contributed by atoms with van der Waals surface area (Å²) in [6.07, 6.45) is 5.30. The van der Waals surface area contributed by atoms with Crippen LogP contribution in [0.2, 0.25) is 10.0 Å². The molecule has 0 radical (unpaired) electrons. The van der Waals surface area contributed by atoms with Gasteiger partial charge in [0, 0.05) is 33.6 Å². The van der Waals surface area contributed by atoms with Crippen molar-refractivity contribution in [1.82, 2.24) is 10.2 Å². The number of sulfonamides is 1. The zero-order valence-electron chi connectivity index (χ0n) is 22.1. The van der Waals surface area contributed by atoms with Gasteiger partial charge in [0.15, 0.2) is 0 Å². The van der Waals surface area contributed by atoms with Crippen molar-refractivity contribution in [3.63, 3.8) is 0 Å². The number of hydrogen-bond donors (Lipinski definition) is 1. The highest BCUT2D eigenvalue weighted by atomic mass is 35.5. The second kappa shape index (κ2) is 12.6. The van der Waals surface area contributed by atoms with E-state index >= 15 is 0 Å². The lowest BCUT2D eigenvalue weighted by Crippen LogP contribution is -2.53. The third kappa shape index (κ3) is 6.86. The van der Waals surface area contributed by atoms with E-state index in [0.717, 1.165) is 41.6 Å². The fourth-order valence-electron chi connectivity index (χ4n) is 5.16. The molecule has 1 aliphatic rings. The number of halogens is 2. The van der Waals surface area contributed by atoms with Crippen molar-refractivity contribution in [2.24, 2.45) is 0 Å². The van der Waals surface area contributed by atoms with E-state index in [2.05, 4.69) is 5.32 Å². The third-order valence-electron chi connectivity index (χ3n) is 7.19. The average molecular weight is 591 g/mol. The Bertz CT molecular complexity index is 1430. The van der Waals surface area contributed by atoms with Crippen molar-refractivity contribution < 1.29 is 18.0 Å². The quantitative estimate of drug-likeness (QED) is 0.325. The van der Waals surface area contributed by atoms with E-state index in [1.807, 2.05) is 37.3 Å². The van der Waals surface area contributed by atoms with E-state index < -0.39 is 28.5 Å². The number of carbonyl (C=O) groups is 2. The van der Waals surface area contributed by atoms with Crippen molar-refractivity contribution in [3.8, 4) is 0 Å². The summed E-state index contributed by atoms with van der Waals surface area (Å²) in [6, 6.07) is 17.0. The van der Waals surface area contributed by atoms with E-state index in [0.29, 0.717) is 33.1 Å². The molecule has 1 unspecified atom stereocenters. The number of amides is 2. The van der Waals surface area contributed by atoms with E-state index in [1.165, 1.54) is 4.90 Å². The molecule has 3 aromatic rings. The zero-order valence-corrected chi connectivity index (χ0v) is 24.4. The molecular formula is C29H33Cl2N3O4S. The fourth-order valence-corrected chi connectivity index (χ4v) is 6.54. The fraction of sp³-hybridized carbons (Fsp3) is 0.379. The topological polar surface area (TPSA) is 86.8 Å². The first-order chi connectivity index (χ1) is 18.6. The summed E-state index contributed by atoms with van der Waals surface area (Å²) >= 11 is 12.9. The Morgan fingerprint density at radius 1 is 0.974 bits per heavy atom. The maximum Gasteiger partial charge on any atom is 0.244 e. The Hall–Kier alpha value is -2.81. The van der Waals surface area contributed by atoms with Crippen molar-refractivity contribution >= 4 is 61.5 Å². The first kappa shape index (κ1) is 29.2. The predicted molar refractivity (Wildman–Crippen MR) is 158 cm³/mol. The summed E-state index contributed by atoms with van der Waals surface area (Å²) in [4.78, 5) is 28.9. The lowest BCUT2D eigenvalue weighted by Gasteiger charge is -2.34. The molecule has 0 heterocycles. The number of nitrogens with zero attached hydrogens (tertiary/aromatic N) is 2. The molecule has 0 spiro atoms. The molecule has 7 nitrogen and oxygen atoms in total.